The maximum absolute atomic E-state index is 15.1. The van der Waals surface area contributed by atoms with Gasteiger partial charge in [-0.15, -0.1) is 0 Å². The minimum atomic E-state index is -0.321. The molecule has 0 N–H and O–H groups in total. The van der Waals surface area contributed by atoms with Crippen LogP contribution in [0.3, 0.4) is 0 Å². The van der Waals surface area contributed by atoms with Crippen molar-refractivity contribution in [3.05, 3.63) is 89.2 Å². The summed E-state index contributed by atoms with van der Waals surface area (Å²) in [6, 6.07) is 22.4. The molecule has 3 aromatic rings. The van der Waals surface area contributed by atoms with E-state index in [9.17, 15) is 4.79 Å². The summed E-state index contributed by atoms with van der Waals surface area (Å²) < 4.78 is 15.1. The Kier molecular flexibility index (Phi) is 7.86. The smallest absolute Gasteiger partial charge is 0.244 e. The van der Waals surface area contributed by atoms with Gasteiger partial charge >= 0.3 is 0 Å². The molecule has 178 valence electrons. The molecule has 1 fully saturated rings. The summed E-state index contributed by atoms with van der Waals surface area (Å²) >= 11 is 6.10. The molecular formula is C28H31ClFN3O. The molecule has 0 aliphatic carbocycles. The number of carbonyl (C=O) groups is 1. The fourth-order valence-corrected chi connectivity index (χ4v) is 4.88. The highest BCUT2D eigenvalue weighted by molar-refractivity contribution is 6.30. The largest absolute Gasteiger partial charge is 0.367 e. The van der Waals surface area contributed by atoms with Gasteiger partial charge in [-0.2, -0.15) is 0 Å². The molecule has 1 saturated heterocycles. The fraction of sp³-hybridized carbons (Fsp3) is 0.321. The van der Waals surface area contributed by atoms with E-state index < -0.39 is 0 Å². The number of carbonyl (C=O) groups excluding carboxylic acids is 1. The molecule has 1 amide bonds. The highest BCUT2D eigenvalue weighted by Crippen LogP contribution is 2.30. The van der Waals surface area contributed by atoms with Gasteiger partial charge in [-0.25, -0.2) is 4.39 Å². The lowest BCUT2D eigenvalue weighted by Crippen LogP contribution is -2.51. The third kappa shape index (κ3) is 5.26. The van der Waals surface area contributed by atoms with Crippen LogP contribution in [-0.2, 0) is 4.79 Å². The Bertz CT molecular complexity index is 1110. The van der Waals surface area contributed by atoms with E-state index in [-0.39, 0.29) is 17.8 Å². The Balaban J connectivity index is 1.50. The lowest BCUT2D eigenvalue weighted by molar-refractivity contribution is -0.137. The third-order valence-electron chi connectivity index (χ3n) is 6.55. The van der Waals surface area contributed by atoms with Gasteiger partial charge in [0.15, 0.2) is 0 Å². The molecule has 4 rings (SSSR count). The Morgan fingerprint density at radius 1 is 0.912 bits per heavy atom. The summed E-state index contributed by atoms with van der Waals surface area (Å²) in [5.41, 5.74) is 3.29. The maximum atomic E-state index is 15.1. The number of hydrogen-bond donors (Lipinski definition) is 0. The first-order chi connectivity index (χ1) is 16.5. The van der Waals surface area contributed by atoms with Crippen LogP contribution in [0.2, 0.25) is 5.02 Å². The average molecular weight is 480 g/mol. The van der Waals surface area contributed by atoms with Gasteiger partial charge in [-0.05, 0) is 54.8 Å². The topological polar surface area (TPSA) is 26.8 Å². The first-order valence-electron chi connectivity index (χ1n) is 11.9. The molecule has 1 aliphatic rings. The highest BCUT2D eigenvalue weighted by atomic mass is 35.5. The minimum Gasteiger partial charge on any atom is -0.367 e. The summed E-state index contributed by atoms with van der Waals surface area (Å²) in [5.74, 6) is -0.119. The van der Waals surface area contributed by atoms with Crippen LogP contribution in [0.5, 0.6) is 0 Å². The molecule has 0 aromatic heterocycles. The Morgan fingerprint density at radius 3 is 2.21 bits per heavy atom. The van der Waals surface area contributed by atoms with E-state index in [0.29, 0.717) is 50.0 Å². The van der Waals surface area contributed by atoms with E-state index in [2.05, 4.69) is 9.80 Å². The van der Waals surface area contributed by atoms with Crippen molar-refractivity contribution in [1.29, 1.82) is 0 Å². The van der Waals surface area contributed by atoms with Crippen molar-refractivity contribution in [2.75, 3.05) is 44.2 Å². The SMILES string of the molecule is CCN(CC)C(=O)C(c1ccccc1)N1CCN(c2ccc(-c3cccc(Cl)c3)cc2F)CC1. The van der Waals surface area contributed by atoms with Crippen molar-refractivity contribution in [2.24, 2.45) is 0 Å². The molecule has 0 bridgehead atoms. The molecule has 0 saturated carbocycles. The normalized spacial score (nSPS) is 15.2. The second-order valence-electron chi connectivity index (χ2n) is 8.52. The summed E-state index contributed by atoms with van der Waals surface area (Å²) in [6.45, 7) is 8.06. The van der Waals surface area contributed by atoms with E-state index >= 15 is 4.39 Å². The Labute approximate surface area is 206 Å². The molecule has 0 radical (unpaired) electrons. The monoisotopic (exact) mass is 479 g/mol. The summed E-state index contributed by atoms with van der Waals surface area (Å²) in [7, 11) is 0. The molecule has 1 aliphatic heterocycles. The minimum absolute atomic E-state index is 0.127. The lowest BCUT2D eigenvalue weighted by Gasteiger charge is -2.41. The van der Waals surface area contributed by atoms with Crippen molar-refractivity contribution in [3.8, 4) is 11.1 Å². The first-order valence-corrected chi connectivity index (χ1v) is 12.3. The molecule has 3 aromatic carbocycles. The molecule has 1 unspecified atom stereocenters. The summed E-state index contributed by atoms with van der Waals surface area (Å²) in [6.07, 6.45) is 0. The van der Waals surface area contributed by atoms with Crippen LogP contribution in [0.4, 0.5) is 10.1 Å². The second-order valence-corrected chi connectivity index (χ2v) is 8.96. The standard InChI is InChI=1S/C28H31ClFN3O/c1-3-31(4-2)28(34)27(21-9-6-5-7-10-21)33-17-15-32(16-18-33)26-14-13-23(20-25(26)30)22-11-8-12-24(29)19-22/h5-14,19-20,27H,3-4,15-18H2,1-2H3. The average Bonchev–Trinajstić information content (AvgIpc) is 2.86. The van der Waals surface area contributed by atoms with Gasteiger partial charge in [0, 0.05) is 44.3 Å². The number of likely N-dealkylation sites (N-methyl/N-ethyl adjacent to an activating group) is 1. The number of piperazine rings is 1. The Hall–Kier alpha value is -2.89. The fourth-order valence-electron chi connectivity index (χ4n) is 4.69. The number of anilines is 1. The van der Waals surface area contributed by atoms with Gasteiger partial charge in [0.1, 0.15) is 11.9 Å². The van der Waals surface area contributed by atoms with Gasteiger partial charge in [0.05, 0.1) is 5.69 Å². The molecule has 34 heavy (non-hydrogen) atoms. The van der Waals surface area contributed by atoms with Crippen LogP contribution < -0.4 is 4.90 Å². The molecule has 6 heteroatoms. The van der Waals surface area contributed by atoms with Gasteiger partial charge < -0.3 is 9.80 Å². The van der Waals surface area contributed by atoms with Crippen molar-refractivity contribution in [3.63, 3.8) is 0 Å². The van der Waals surface area contributed by atoms with Gasteiger partial charge in [-0.1, -0.05) is 60.1 Å². The van der Waals surface area contributed by atoms with E-state index in [1.165, 1.54) is 0 Å². The van der Waals surface area contributed by atoms with Crippen molar-refractivity contribution < 1.29 is 9.18 Å². The number of nitrogens with zero attached hydrogens (tertiary/aromatic N) is 3. The predicted molar refractivity (Wildman–Crippen MR) is 138 cm³/mol. The van der Waals surface area contributed by atoms with Crippen molar-refractivity contribution in [2.45, 2.75) is 19.9 Å². The zero-order chi connectivity index (χ0) is 24.1. The molecule has 0 spiro atoms. The van der Waals surface area contributed by atoms with E-state index in [1.54, 1.807) is 6.07 Å². The van der Waals surface area contributed by atoms with Gasteiger partial charge in [0.25, 0.3) is 0 Å². The predicted octanol–water partition coefficient (Wildman–Crippen LogP) is 5.88. The van der Waals surface area contributed by atoms with E-state index in [0.717, 1.165) is 16.7 Å². The van der Waals surface area contributed by atoms with Crippen LogP contribution in [0.15, 0.2) is 72.8 Å². The van der Waals surface area contributed by atoms with Crippen LogP contribution in [0.1, 0.15) is 25.5 Å². The van der Waals surface area contributed by atoms with Gasteiger partial charge in [0.2, 0.25) is 5.91 Å². The summed E-state index contributed by atoms with van der Waals surface area (Å²) in [4.78, 5) is 19.6. The van der Waals surface area contributed by atoms with Gasteiger partial charge in [-0.3, -0.25) is 9.69 Å². The number of halogens is 2. The van der Waals surface area contributed by atoms with Crippen molar-refractivity contribution in [1.82, 2.24) is 9.80 Å². The number of amides is 1. The van der Waals surface area contributed by atoms with Crippen LogP contribution >= 0.6 is 11.6 Å². The molecule has 4 nitrogen and oxygen atoms in total. The van der Waals surface area contributed by atoms with Crippen LogP contribution in [-0.4, -0.2) is 55.0 Å². The number of rotatable bonds is 7. The molecule has 1 heterocycles. The zero-order valence-corrected chi connectivity index (χ0v) is 20.5. The molecular weight excluding hydrogens is 449 g/mol. The second kappa shape index (κ2) is 11.0. The maximum Gasteiger partial charge on any atom is 0.244 e. The highest BCUT2D eigenvalue weighted by Gasteiger charge is 2.33. The summed E-state index contributed by atoms with van der Waals surface area (Å²) in [5, 5.41) is 0.630. The van der Waals surface area contributed by atoms with E-state index in [1.807, 2.05) is 85.5 Å². The van der Waals surface area contributed by atoms with E-state index in [4.69, 9.17) is 11.6 Å². The third-order valence-corrected chi connectivity index (χ3v) is 6.79. The number of hydrogen-bond acceptors (Lipinski definition) is 3. The molecule has 1 atom stereocenters. The number of benzene rings is 3. The Morgan fingerprint density at radius 2 is 1.59 bits per heavy atom. The van der Waals surface area contributed by atoms with Crippen LogP contribution in [0, 0.1) is 5.82 Å². The lowest BCUT2D eigenvalue weighted by atomic mass is 10.0. The van der Waals surface area contributed by atoms with Crippen molar-refractivity contribution >= 4 is 23.2 Å². The quantitative estimate of drug-likeness (QED) is 0.423. The first kappa shape index (κ1) is 24.2. The zero-order valence-electron chi connectivity index (χ0n) is 19.8. The van der Waals surface area contributed by atoms with Crippen LogP contribution in [0.25, 0.3) is 11.1 Å².